The van der Waals surface area contributed by atoms with Gasteiger partial charge in [0.25, 0.3) is 0 Å². The molecule has 0 saturated carbocycles. The Balaban J connectivity index is 2.30. The minimum Gasteiger partial charge on any atom is -0.280 e. The fraction of sp³-hybridized carbons (Fsp3) is 0.200. The molecule has 0 bridgehead atoms. The van der Waals surface area contributed by atoms with E-state index >= 15 is 0 Å². The van der Waals surface area contributed by atoms with Crippen LogP contribution < -0.4 is 0 Å². The van der Waals surface area contributed by atoms with Crippen molar-refractivity contribution in [3.63, 3.8) is 0 Å². The minimum absolute atomic E-state index is 0.268. The van der Waals surface area contributed by atoms with Crippen molar-refractivity contribution in [2.75, 3.05) is 5.88 Å². The normalized spacial score (nSPS) is 11.2. The highest BCUT2D eigenvalue weighted by molar-refractivity contribution is 6.31. The van der Waals surface area contributed by atoms with E-state index in [1.54, 1.807) is 18.3 Å². The van der Waals surface area contributed by atoms with Gasteiger partial charge < -0.3 is 0 Å². The molecule has 0 aliphatic heterocycles. The lowest BCUT2D eigenvalue weighted by Gasteiger charge is -2.11. The summed E-state index contributed by atoms with van der Waals surface area (Å²) < 4.78 is 15.2. The lowest BCUT2D eigenvalue weighted by Crippen LogP contribution is -2.05. The molecule has 0 saturated heterocycles. The second-order valence-electron chi connectivity index (χ2n) is 4.73. The molecule has 0 spiro atoms. The molecule has 1 aromatic carbocycles. The van der Waals surface area contributed by atoms with Crippen molar-refractivity contribution in [3.05, 3.63) is 52.7 Å². The zero-order valence-electron chi connectivity index (χ0n) is 11.3. The van der Waals surface area contributed by atoms with E-state index in [1.165, 1.54) is 12.1 Å². The van der Waals surface area contributed by atoms with Gasteiger partial charge in [0.05, 0.1) is 10.7 Å². The fourth-order valence-electron chi connectivity index (χ4n) is 2.36. The second kappa shape index (κ2) is 5.62. The van der Waals surface area contributed by atoms with Crippen molar-refractivity contribution >= 4 is 34.4 Å². The Labute approximate surface area is 131 Å². The molecule has 0 N–H and O–H groups in total. The van der Waals surface area contributed by atoms with Crippen LogP contribution in [0.25, 0.3) is 16.9 Å². The molecule has 2 aromatic heterocycles. The molecule has 2 heterocycles. The quantitative estimate of drug-likeness (QED) is 0.673. The number of halogens is 3. The highest BCUT2D eigenvalue weighted by Gasteiger charge is 2.15. The zero-order valence-corrected chi connectivity index (χ0v) is 12.8. The SMILES string of the molecule is Cc1cc(F)ccc1-n1c(CCCl)nc2cc(Cl)cnc21. The summed E-state index contributed by atoms with van der Waals surface area (Å²) in [5, 5.41) is 0.528. The summed E-state index contributed by atoms with van der Waals surface area (Å²) in [5.74, 6) is 0.956. The largest absolute Gasteiger partial charge is 0.280 e. The van der Waals surface area contributed by atoms with Gasteiger partial charge in [-0.3, -0.25) is 4.57 Å². The van der Waals surface area contributed by atoms with E-state index in [0.717, 1.165) is 17.1 Å². The number of imidazole rings is 1. The average molecular weight is 324 g/mol. The Bertz CT molecular complexity index is 814. The molecule has 21 heavy (non-hydrogen) atoms. The molecule has 108 valence electrons. The van der Waals surface area contributed by atoms with Crippen LogP contribution in [0.15, 0.2) is 30.5 Å². The number of hydrogen-bond donors (Lipinski definition) is 0. The lowest BCUT2D eigenvalue weighted by molar-refractivity contribution is 0.626. The van der Waals surface area contributed by atoms with Crippen LogP contribution in [-0.4, -0.2) is 20.4 Å². The topological polar surface area (TPSA) is 30.7 Å². The van der Waals surface area contributed by atoms with E-state index in [0.29, 0.717) is 28.5 Å². The first-order chi connectivity index (χ1) is 10.1. The third-order valence-electron chi connectivity index (χ3n) is 3.25. The Morgan fingerprint density at radius 3 is 2.81 bits per heavy atom. The van der Waals surface area contributed by atoms with E-state index < -0.39 is 0 Å². The summed E-state index contributed by atoms with van der Waals surface area (Å²) in [4.78, 5) is 8.90. The van der Waals surface area contributed by atoms with Gasteiger partial charge in [-0.15, -0.1) is 11.6 Å². The summed E-state index contributed by atoms with van der Waals surface area (Å²) in [5.41, 5.74) is 3.04. The van der Waals surface area contributed by atoms with Crippen LogP contribution >= 0.6 is 23.2 Å². The van der Waals surface area contributed by atoms with Crippen LogP contribution in [0.4, 0.5) is 4.39 Å². The summed E-state index contributed by atoms with van der Waals surface area (Å²) in [7, 11) is 0. The third kappa shape index (κ3) is 2.61. The average Bonchev–Trinajstić information content (AvgIpc) is 2.76. The van der Waals surface area contributed by atoms with E-state index in [4.69, 9.17) is 23.2 Å². The molecule has 3 nitrogen and oxygen atoms in total. The van der Waals surface area contributed by atoms with Gasteiger partial charge in [-0.2, -0.15) is 0 Å². The van der Waals surface area contributed by atoms with Gasteiger partial charge in [0.1, 0.15) is 17.2 Å². The molecule has 0 aliphatic rings. The maximum absolute atomic E-state index is 13.3. The molecule has 0 unspecified atom stereocenters. The van der Waals surface area contributed by atoms with Crippen molar-refractivity contribution in [3.8, 4) is 5.69 Å². The van der Waals surface area contributed by atoms with Crippen LogP contribution in [-0.2, 0) is 6.42 Å². The first-order valence-corrected chi connectivity index (χ1v) is 7.37. The predicted molar refractivity (Wildman–Crippen MR) is 83.0 cm³/mol. The van der Waals surface area contributed by atoms with Crippen LogP contribution in [0, 0.1) is 12.7 Å². The molecular weight excluding hydrogens is 312 g/mol. The highest BCUT2D eigenvalue weighted by atomic mass is 35.5. The standard InChI is InChI=1S/C15H12Cl2FN3/c1-9-6-11(18)2-3-13(9)21-14(4-5-16)20-12-7-10(17)8-19-15(12)21/h2-3,6-8H,4-5H2,1H3. The number of alkyl halides is 1. The number of benzene rings is 1. The van der Waals surface area contributed by atoms with E-state index in [9.17, 15) is 4.39 Å². The number of aromatic nitrogens is 3. The van der Waals surface area contributed by atoms with Crippen molar-refractivity contribution in [1.82, 2.24) is 14.5 Å². The summed E-state index contributed by atoms with van der Waals surface area (Å²) in [6.07, 6.45) is 2.16. The number of nitrogens with zero attached hydrogens (tertiary/aromatic N) is 3. The maximum atomic E-state index is 13.3. The van der Waals surface area contributed by atoms with Gasteiger partial charge in [-0.25, -0.2) is 14.4 Å². The fourth-order valence-corrected chi connectivity index (χ4v) is 2.68. The Kier molecular flexibility index (Phi) is 3.83. The summed E-state index contributed by atoms with van der Waals surface area (Å²) >= 11 is 11.8. The van der Waals surface area contributed by atoms with Crippen LogP contribution in [0.3, 0.4) is 0 Å². The molecule has 0 fully saturated rings. The van der Waals surface area contributed by atoms with Crippen molar-refractivity contribution in [2.45, 2.75) is 13.3 Å². The highest BCUT2D eigenvalue weighted by Crippen LogP contribution is 2.25. The van der Waals surface area contributed by atoms with Crippen molar-refractivity contribution in [2.24, 2.45) is 0 Å². The second-order valence-corrected chi connectivity index (χ2v) is 5.54. The Morgan fingerprint density at radius 1 is 1.29 bits per heavy atom. The molecule has 0 radical (unpaired) electrons. The minimum atomic E-state index is -0.268. The molecular formula is C15H12Cl2FN3. The maximum Gasteiger partial charge on any atom is 0.164 e. The first-order valence-electron chi connectivity index (χ1n) is 6.45. The Morgan fingerprint density at radius 2 is 2.10 bits per heavy atom. The van der Waals surface area contributed by atoms with Crippen LogP contribution in [0.2, 0.25) is 5.02 Å². The molecule has 0 atom stereocenters. The van der Waals surface area contributed by atoms with Crippen LogP contribution in [0.5, 0.6) is 0 Å². The van der Waals surface area contributed by atoms with E-state index in [-0.39, 0.29) is 5.82 Å². The summed E-state index contributed by atoms with van der Waals surface area (Å²) in [6, 6.07) is 6.40. The first kappa shape index (κ1) is 14.3. The zero-order chi connectivity index (χ0) is 15.0. The van der Waals surface area contributed by atoms with Gasteiger partial charge in [-0.05, 0) is 36.8 Å². The number of fused-ring (bicyclic) bond motifs is 1. The van der Waals surface area contributed by atoms with E-state index in [1.807, 2.05) is 11.5 Å². The number of pyridine rings is 1. The van der Waals surface area contributed by atoms with Gasteiger partial charge >= 0.3 is 0 Å². The van der Waals surface area contributed by atoms with Crippen LogP contribution in [0.1, 0.15) is 11.4 Å². The van der Waals surface area contributed by atoms with Gasteiger partial charge in [0.15, 0.2) is 5.65 Å². The molecule has 3 rings (SSSR count). The lowest BCUT2D eigenvalue weighted by atomic mass is 10.2. The molecule has 0 aliphatic carbocycles. The van der Waals surface area contributed by atoms with Crippen molar-refractivity contribution in [1.29, 1.82) is 0 Å². The number of hydrogen-bond acceptors (Lipinski definition) is 2. The number of aryl methyl sites for hydroxylation is 2. The monoisotopic (exact) mass is 323 g/mol. The van der Waals surface area contributed by atoms with Gasteiger partial charge in [0, 0.05) is 18.5 Å². The molecule has 0 amide bonds. The van der Waals surface area contributed by atoms with Gasteiger partial charge in [-0.1, -0.05) is 11.6 Å². The van der Waals surface area contributed by atoms with Gasteiger partial charge in [0.2, 0.25) is 0 Å². The molecule has 6 heteroatoms. The smallest absolute Gasteiger partial charge is 0.164 e. The number of rotatable bonds is 3. The Hall–Kier alpha value is -1.65. The van der Waals surface area contributed by atoms with E-state index in [2.05, 4.69) is 9.97 Å². The summed E-state index contributed by atoms with van der Waals surface area (Å²) in [6.45, 7) is 1.85. The third-order valence-corrected chi connectivity index (χ3v) is 3.65. The molecule has 3 aromatic rings. The predicted octanol–water partition coefficient (Wildman–Crippen LogP) is 4.30. The van der Waals surface area contributed by atoms with Crippen molar-refractivity contribution < 1.29 is 4.39 Å².